The molecule has 0 atom stereocenters. The Morgan fingerprint density at radius 2 is 1.85 bits per heavy atom. The highest BCUT2D eigenvalue weighted by atomic mass is 35.5. The lowest BCUT2D eigenvalue weighted by atomic mass is 10.2. The number of hydrogen-bond acceptors (Lipinski definition) is 3. The van der Waals surface area contributed by atoms with Gasteiger partial charge in [0.05, 0.1) is 4.90 Å². The fourth-order valence-corrected chi connectivity index (χ4v) is 2.84. The molecule has 1 aromatic carbocycles. The van der Waals surface area contributed by atoms with E-state index in [4.69, 9.17) is 11.6 Å². The zero-order valence-corrected chi connectivity index (χ0v) is 12.3. The van der Waals surface area contributed by atoms with Crippen LogP contribution in [0, 0.1) is 0 Å². The zero-order chi connectivity index (χ0) is 14.6. The summed E-state index contributed by atoms with van der Waals surface area (Å²) in [5, 5.41) is 0.247. The van der Waals surface area contributed by atoms with E-state index in [1.807, 2.05) is 13.0 Å². The summed E-state index contributed by atoms with van der Waals surface area (Å²) < 4.78 is 26.6. The fraction of sp³-hybridized carbons (Fsp3) is 0.0714. The topological polar surface area (TPSA) is 59.1 Å². The highest BCUT2D eigenvalue weighted by Crippen LogP contribution is 2.20. The predicted octanol–water partition coefficient (Wildman–Crippen LogP) is 3.57. The van der Waals surface area contributed by atoms with Crippen LogP contribution >= 0.6 is 11.6 Å². The number of halogens is 1. The Bertz CT molecular complexity index is 728. The average Bonchev–Trinajstić information content (AvgIpc) is 2.43. The minimum Gasteiger partial charge on any atom is -0.263 e. The van der Waals surface area contributed by atoms with Crippen LogP contribution in [0.25, 0.3) is 6.08 Å². The normalized spacial score (nSPS) is 11.7. The SMILES string of the molecule is C/C=C/c1ccc(NS(=O)(=O)c2ccccc2)nc1Cl. The van der Waals surface area contributed by atoms with Crippen molar-refractivity contribution in [2.24, 2.45) is 0 Å². The second-order valence-electron chi connectivity index (χ2n) is 4.00. The Hall–Kier alpha value is -1.85. The van der Waals surface area contributed by atoms with Crippen LogP contribution in [0.2, 0.25) is 5.15 Å². The number of allylic oxidation sites excluding steroid dienone is 1. The molecule has 4 nitrogen and oxygen atoms in total. The van der Waals surface area contributed by atoms with E-state index < -0.39 is 10.0 Å². The van der Waals surface area contributed by atoms with Crippen molar-refractivity contribution in [1.82, 2.24) is 4.98 Å². The molecule has 0 amide bonds. The monoisotopic (exact) mass is 308 g/mol. The number of nitrogens with one attached hydrogen (secondary N) is 1. The second-order valence-corrected chi connectivity index (χ2v) is 6.04. The van der Waals surface area contributed by atoms with E-state index in [-0.39, 0.29) is 15.9 Å². The van der Waals surface area contributed by atoms with Gasteiger partial charge in [0, 0.05) is 5.56 Å². The third-order valence-electron chi connectivity index (χ3n) is 2.52. The number of rotatable bonds is 4. The van der Waals surface area contributed by atoms with E-state index in [9.17, 15) is 8.42 Å². The predicted molar refractivity (Wildman–Crippen MR) is 81.2 cm³/mol. The Labute approximate surface area is 123 Å². The standard InChI is InChI=1S/C14H13ClN2O2S/c1-2-6-11-9-10-13(16-14(11)15)17-20(18,19)12-7-4-3-5-8-12/h2-10H,1H3,(H,16,17)/b6-2+. The molecule has 1 N–H and O–H groups in total. The third-order valence-corrected chi connectivity index (χ3v) is 4.19. The third kappa shape index (κ3) is 3.37. The minimum absolute atomic E-state index is 0.176. The first kappa shape index (κ1) is 14.6. The molecule has 2 rings (SSSR count). The van der Waals surface area contributed by atoms with Crippen molar-refractivity contribution in [2.75, 3.05) is 4.72 Å². The van der Waals surface area contributed by atoms with Crippen molar-refractivity contribution in [2.45, 2.75) is 11.8 Å². The number of hydrogen-bond donors (Lipinski definition) is 1. The van der Waals surface area contributed by atoms with Crippen molar-refractivity contribution < 1.29 is 8.42 Å². The van der Waals surface area contributed by atoms with Gasteiger partial charge in [0.25, 0.3) is 10.0 Å². The van der Waals surface area contributed by atoms with Gasteiger partial charge in [0.1, 0.15) is 11.0 Å². The molecule has 20 heavy (non-hydrogen) atoms. The maximum absolute atomic E-state index is 12.1. The lowest BCUT2D eigenvalue weighted by Crippen LogP contribution is -2.13. The van der Waals surface area contributed by atoms with Gasteiger partial charge in [-0.15, -0.1) is 0 Å². The van der Waals surface area contributed by atoms with E-state index >= 15 is 0 Å². The maximum atomic E-state index is 12.1. The first-order valence-electron chi connectivity index (χ1n) is 5.90. The van der Waals surface area contributed by atoms with Gasteiger partial charge in [-0.1, -0.05) is 42.0 Å². The minimum atomic E-state index is -3.64. The Kier molecular flexibility index (Phi) is 4.42. The molecule has 2 aromatic rings. The van der Waals surface area contributed by atoms with Gasteiger partial charge in [-0.05, 0) is 31.2 Å². The van der Waals surface area contributed by atoms with Gasteiger partial charge in [-0.2, -0.15) is 0 Å². The van der Waals surface area contributed by atoms with Crippen molar-refractivity contribution in [3.8, 4) is 0 Å². The molecule has 0 unspecified atom stereocenters. The molecule has 104 valence electrons. The number of pyridine rings is 1. The Morgan fingerprint density at radius 3 is 2.45 bits per heavy atom. The summed E-state index contributed by atoms with van der Waals surface area (Å²) in [6.45, 7) is 1.86. The van der Waals surface area contributed by atoms with Crippen LogP contribution < -0.4 is 4.72 Å². The highest BCUT2D eigenvalue weighted by molar-refractivity contribution is 7.92. The Morgan fingerprint density at radius 1 is 1.15 bits per heavy atom. The highest BCUT2D eigenvalue weighted by Gasteiger charge is 2.14. The number of nitrogens with zero attached hydrogens (tertiary/aromatic N) is 1. The van der Waals surface area contributed by atoms with Gasteiger partial charge >= 0.3 is 0 Å². The molecule has 0 radical (unpaired) electrons. The second kappa shape index (κ2) is 6.07. The molecule has 1 heterocycles. The summed E-state index contributed by atoms with van der Waals surface area (Å²) in [5.41, 5.74) is 0.733. The molecule has 6 heteroatoms. The quantitative estimate of drug-likeness (QED) is 0.878. The molecule has 0 spiro atoms. The lowest BCUT2D eigenvalue weighted by Gasteiger charge is -2.08. The number of aromatic nitrogens is 1. The smallest absolute Gasteiger partial charge is 0.263 e. The summed E-state index contributed by atoms with van der Waals surface area (Å²) in [5.74, 6) is 0.187. The first-order valence-corrected chi connectivity index (χ1v) is 7.76. The van der Waals surface area contributed by atoms with Crippen LogP contribution in [0.15, 0.2) is 53.4 Å². The molecule has 0 aliphatic heterocycles. The molecule has 0 aliphatic carbocycles. The number of benzene rings is 1. The average molecular weight is 309 g/mol. The van der Waals surface area contributed by atoms with Crippen molar-refractivity contribution in [3.05, 3.63) is 59.3 Å². The summed E-state index contributed by atoms with van der Waals surface area (Å²) in [6, 6.07) is 11.4. The molecular formula is C14H13ClN2O2S. The van der Waals surface area contributed by atoms with Crippen LogP contribution in [-0.4, -0.2) is 13.4 Å². The lowest BCUT2D eigenvalue weighted by molar-refractivity contribution is 0.601. The largest absolute Gasteiger partial charge is 0.263 e. The zero-order valence-electron chi connectivity index (χ0n) is 10.7. The van der Waals surface area contributed by atoms with E-state index in [1.165, 1.54) is 12.1 Å². The molecule has 0 aliphatic rings. The van der Waals surface area contributed by atoms with Gasteiger partial charge in [0.2, 0.25) is 0 Å². The van der Waals surface area contributed by atoms with Crippen molar-refractivity contribution in [3.63, 3.8) is 0 Å². The van der Waals surface area contributed by atoms with E-state index in [2.05, 4.69) is 9.71 Å². The molecule has 0 bridgehead atoms. The van der Waals surface area contributed by atoms with Crippen LogP contribution in [0.5, 0.6) is 0 Å². The van der Waals surface area contributed by atoms with E-state index in [0.717, 1.165) is 5.56 Å². The van der Waals surface area contributed by atoms with Crippen LogP contribution in [0.3, 0.4) is 0 Å². The van der Waals surface area contributed by atoms with Crippen molar-refractivity contribution in [1.29, 1.82) is 0 Å². The summed E-state index contributed by atoms with van der Waals surface area (Å²) in [7, 11) is -3.64. The molecule has 0 saturated carbocycles. The molecule has 0 fully saturated rings. The molecule has 0 saturated heterocycles. The fourth-order valence-electron chi connectivity index (χ4n) is 1.60. The molecular weight excluding hydrogens is 296 g/mol. The van der Waals surface area contributed by atoms with Gasteiger partial charge in [-0.25, -0.2) is 13.4 Å². The Balaban J connectivity index is 2.29. The van der Waals surface area contributed by atoms with Crippen LogP contribution in [-0.2, 0) is 10.0 Å². The maximum Gasteiger partial charge on any atom is 0.263 e. The summed E-state index contributed by atoms with van der Waals surface area (Å²) in [6.07, 6.45) is 3.63. The van der Waals surface area contributed by atoms with E-state index in [1.54, 1.807) is 36.4 Å². The van der Waals surface area contributed by atoms with Crippen LogP contribution in [0.1, 0.15) is 12.5 Å². The first-order chi connectivity index (χ1) is 9.53. The van der Waals surface area contributed by atoms with Crippen molar-refractivity contribution >= 4 is 33.5 Å². The summed E-state index contributed by atoms with van der Waals surface area (Å²) >= 11 is 5.99. The molecule has 1 aromatic heterocycles. The number of anilines is 1. The van der Waals surface area contributed by atoms with Crippen LogP contribution in [0.4, 0.5) is 5.82 Å². The van der Waals surface area contributed by atoms with Gasteiger partial charge in [-0.3, -0.25) is 4.72 Å². The van der Waals surface area contributed by atoms with E-state index in [0.29, 0.717) is 0 Å². The van der Waals surface area contributed by atoms with Gasteiger partial charge in [0.15, 0.2) is 0 Å². The summed E-state index contributed by atoms with van der Waals surface area (Å²) in [4.78, 5) is 4.20. The number of sulfonamides is 1. The van der Waals surface area contributed by atoms with Gasteiger partial charge < -0.3 is 0 Å².